The van der Waals surface area contributed by atoms with Crippen LogP contribution in [0, 0.1) is 0 Å². The standard InChI is InChI=1S/C14H21NO/c1-3-4-10-14(16)15-12(2)11-13-8-6-5-7-9-13/h5-9,12H,3-4,10-11H2,1-2H3,(H,15,16)/t12-/m0/s1. The maximum atomic E-state index is 11.5. The Hall–Kier alpha value is -1.31. The largest absolute Gasteiger partial charge is 0.353 e. The number of hydrogen-bond acceptors (Lipinski definition) is 1. The second-order valence-electron chi connectivity index (χ2n) is 4.26. The molecular weight excluding hydrogens is 198 g/mol. The van der Waals surface area contributed by atoms with Gasteiger partial charge in [-0.15, -0.1) is 0 Å². The van der Waals surface area contributed by atoms with E-state index in [-0.39, 0.29) is 11.9 Å². The first kappa shape index (κ1) is 12.8. The van der Waals surface area contributed by atoms with E-state index in [4.69, 9.17) is 0 Å². The van der Waals surface area contributed by atoms with Gasteiger partial charge in [0, 0.05) is 12.5 Å². The molecule has 0 fully saturated rings. The van der Waals surface area contributed by atoms with Gasteiger partial charge in [0.25, 0.3) is 0 Å². The van der Waals surface area contributed by atoms with Crippen molar-refractivity contribution in [2.24, 2.45) is 0 Å². The molecule has 1 rings (SSSR count). The average Bonchev–Trinajstić information content (AvgIpc) is 2.27. The third-order valence-electron chi connectivity index (χ3n) is 2.55. The molecule has 0 aromatic heterocycles. The highest BCUT2D eigenvalue weighted by Crippen LogP contribution is 2.03. The van der Waals surface area contributed by atoms with Crippen LogP contribution in [0.4, 0.5) is 0 Å². The van der Waals surface area contributed by atoms with Crippen molar-refractivity contribution in [3.8, 4) is 0 Å². The van der Waals surface area contributed by atoms with Gasteiger partial charge in [0.05, 0.1) is 0 Å². The van der Waals surface area contributed by atoms with Crippen LogP contribution >= 0.6 is 0 Å². The Morgan fingerprint density at radius 3 is 2.62 bits per heavy atom. The maximum absolute atomic E-state index is 11.5. The Labute approximate surface area is 98.1 Å². The van der Waals surface area contributed by atoms with E-state index >= 15 is 0 Å². The minimum Gasteiger partial charge on any atom is -0.353 e. The molecule has 2 nitrogen and oxygen atoms in total. The van der Waals surface area contributed by atoms with Crippen LogP contribution in [0.1, 0.15) is 38.7 Å². The van der Waals surface area contributed by atoms with E-state index in [0.717, 1.165) is 19.3 Å². The fraction of sp³-hybridized carbons (Fsp3) is 0.500. The molecule has 16 heavy (non-hydrogen) atoms. The predicted octanol–water partition coefficient (Wildman–Crippen LogP) is 2.92. The van der Waals surface area contributed by atoms with Crippen LogP contribution in [-0.2, 0) is 11.2 Å². The Kier molecular flexibility index (Phi) is 5.62. The van der Waals surface area contributed by atoms with Gasteiger partial charge >= 0.3 is 0 Å². The summed E-state index contributed by atoms with van der Waals surface area (Å²) in [6, 6.07) is 10.5. The van der Waals surface area contributed by atoms with E-state index < -0.39 is 0 Å². The van der Waals surface area contributed by atoms with E-state index in [1.165, 1.54) is 5.56 Å². The van der Waals surface area contributed by atoms with Gasteiger partial charge in [-0.1, -0.05) is 43.7 Å². The van der Waals surface area contributed by atoms with Crippen molar-refractivity contribution in [3.05, 3.63) is 35.9 Å². The number of unbranched alkanes of at least 4 members (excludes halogenated alkanes) is 1. The van der Waals surface area contributed by atoms with Crippen molar-refractivity contribution >= 4 is 5.91 Å². The molecule has 0 aliphatic carbocycles. The minimum atomic E-state index is 0.172. The number of hydrogen-bond donors (Lipinski definition) is 1. The van der Waals surface area contributed by atoms with E-state index in [1.807, 2.05) is 18.2 Å². The molecule has 0 bridgehead atoms. The quantitative estimate of drug-likeness (QED) is 0.783. The fourth-order valence-corrected chi connectivity index (χ4v) is 1.70. The van der Waals surface area contributed by atoms with Crippen LogP contribution in [-0.4, -0.2) is 11.9 Å². The second-order valence-corrected chi connectivity index (χ2v) is 4.26. The number of rotatable bonds is 6. The second kappa shape index (κ2) is 7.04. The number of carbonyl (C=O) groups is 1. The third-order valence-corrected chi connectivity index (χ3v) is 2.55. The molecule has 1 atom stereocenters. The molecule has 0 radical (unpaired) electrons. The Bertz CT molecular complexity index is 308. The summed E-state index contributed by atoms with van der Waals surface area (Å²) in [6.07, 6.45) is 3.60. The van der Waals surface area contributed by atoms with Crippen molar-refractivity contribution in [3.63, 3.8) is 0 Å². The third kappa shape index (κ3) is 4.96. The number of benzene rings is 1. The molecule has 1 N–H and O–H groups in total. The van der Waals surface area contributed by atoms with Crippen LogP contribution < -0.4 is 5.32 Å². The first-order valence-corrected chi connectivity index (χ1v) is 6.05. The SMILES string of the molecule is CCCCC(=O)N[C@@H](C)Cc1ccccc1. The summed E-state index contributed by atoms with van der Waals surface area (Å²) in [7, 11) is 0. The molecule has 1 aromatic rings. The average molecular weight is 219 g/mol. The summed E-state index contributed by atoms with van der Waals surface area (Å²) in [6.45, 7) is 4.15. The lowest BCUT2D eigenvalue weighted by molar-refractivity contribution is -0.121. The van der Waals surface area contributed by atoms with Gasteiger partial charge in [0.15, 0.2) is 0 Å². The van der Waals surface area contributed by atoms with Crippen LogP contribution in [0.2, 0.25) is 0 Å². The van der Waals surface area contributed by atoms with Crippen LogP contribution in [0.15, 0.2) is 30.3 Å². The van der Waals surface area contributed by atoms with Crippen molar-refractivity contribution in [1.82, 2.24) is 5.32 Å². The van der Waals surface area contributed by atoms with Gasteiger partial charge in [-0.05, 0) is 25.3 Å². The first-order valence-electron chi connectivity index (χ1n) is 6.05. The number of amides is 1. The number of carbonyl (C=O) groups excluding carboxylic acids is 1. The van der Waals surface area contributed by atoms with Crippen molar-refractivity contribution in [2.75, 3.05) is 0 Å². The maximum Gasteiger partial charge on any atom is 0.220 e. The lowest BCUT2D eigenvalue weighted by atomic mass is 10.1. The highest BCUT2D eigenvalue weighted by Gasteiger charge is 2.07. The predicted molar refractivity (Wildman–Crippen MR) is 67.3 cm³/mol. The zero-order valence-electron chi connectivity index (χ0n) is 10.2. The molecule has 0 saturated carbocycles. The highest BCUT2D eigenvalue weighted by molar-refractivity contribution is 5.76. The summed E-state index contributed by atoms with van der Waals surface area (Å²) in [5, 5.41) is 3.02. The molecule has 0 heterocycles. The fourth-order valence-electron chi connectivity index (χ4n) is 1.70. The molecular formula is C14H21NO. The van der Waals surface area contributed by atoms with Gasteiger partial charge in [-0.25, -0.2) is 0 Å². The number of nitrogens with one attached hydrogen (secondary N) is 1. The molecule has 2 heteroatoms. The molecule has 0 unspecified atom stereocenters. The van der Waals surface area contributed by atoms with Gasteiger partial charge in [0.2, 0.25) is 5.91 Å². The summed E-state index contributed by atoms with van der Waals surface area (Å²) in [5.41, 5.74) is 1.27. The molecule has 1 aromatic carbocycles. The van der Waals surface area contributed by atoms with Gasteiger partial charge in [-0.3, -0.25) is 4.79 Å². The molecule has 0 aliphatic heterocycles. The summed E-state index contributed by atoms with van der Waals surface area (Å²) in [4.78, 5) is 11.5. The Morgan fingerprint density at radius 2 is 2.00 bits per heavy atom. The van der Waals surface area contributed by atoms with Crippen molar-refractivity contribution in [1.29, 1.82) is 0 Å². The van der Waals surface area contributed by atoms with Gasteiger partial charge in [-0.2, -0.15) is 0 Å². The minimum absolute atomic E-state index is 0.172. The molecule has 1 amide bonds. The first-order chi connectivity index (χ1) is 7.72. The van der Waals surface area contributed by atoms with E-state index in [1.54, 1.807) is 0 Å². The lowest BCUT2D eigenvalue weighted by Crippen LogP contribution is -2.33. The summed E-state index contributed by atoms with van der Waals surface area (Å²) >= 11 is 0. The molecule has 0 aliphatic rings. The zero-order valence-corrected chi connectivity index (χ0v) is 10.2. The molecule has 0 saturated heterocycles. The van der Waals surface area contributed by atoms with Crippen LogP contribution in [0.25, 0.3) is 0 Å². The van der Waals surface area contributed by atoms with Crippen LogP contribution in [0.3, 0.4) is 0 Å². The molecule has 0 spiro atoms. The summed E-state index contributed by atoms with van der Waals surface area (Å²) < 4.78 is 0. The normalized spacial score (nSPS) is 12.1. The van der Waals surface area contributed by atoms with E-state index in [9.17, 15) is 4.79 Å². The van der Waals surface area contributed by atoms with Gasteiger partial charge < -0.3 is 5.32 Å². The lowest BCUT2D eigenvalue weighted by Gasteiger charge is -2.13. The van der Waals surface area contributed by atoms with E-state index in [2.05, 4.69) is 31.3 Å². The molecule has 88 valence electrons. The topological polar surface area (TPSA) is 29.1 Å². The van der Waals surface area contributed by atoms with Gasteiger partial charge in [0.1, 0.15) is 0 Å². The van der Waals surface area contributed by atoms with Crippen LogP contribution in [0.5, 0.6) is 0 Å². The highest BCUT2D eigenvalue weighted by atomic mass is 16.1. The van der Waals surface area contributed by atoms with E-state index in [0.29, 0.717) is 6.42 Å². The zero-order chi connectivity index (χ0) is 11.8. The smallest absolute Gasteiger partial charge is 0.220 e. The van der Waals surface area contributed by atoms with Crippen molar-refractivity contribution in [2.45, 2.75) is 45.6 Å². The Balaban J connectivity index is 2.30. The summed E-state index contributed by atoms with van der Waals surface area (Å²) in [5.74, 6) is 0.172. The Morgan fingerprint density at radius 1 is 1.31 bits per heavy atom. The monoisotopic (exact) mass is 219 g/mol. The van der Waals surface area contributed by atoms with Crippen molar-refractivity contribution < 1.29 is 4.79 Å².